The first-order valence-electron chi connectivity index (χ1n) is 6.79. The SMILES string of the molecule is CC(CC(=O)N(C)C1CCNC1)c1cccc(F)c1. The zero-order valence-corrected chi connectivity index (χ0v) is 11.5. The van der Waals surface area contributed by atoms with Crippen molar-refractivity contribution in [3.8, 4) is 0 Å². The molecular formula is C15H21FN2O. The van der Waals surface area contributed by atoms with Gasteiger partial charge in [0.2, 0.25) is 5.91 Å². The van der Waals surface area contributed by atoms with E-state index in [0.29, 0.717) is 12.5 Å². The summed E-state index contributed by atoms with van der Waals surface area (Å²) in [5.41, 5.74) is 0.881. The van der Waals surface area contributed by atoms with Gasteiger partial charge in [0.05, 0.1) is 0 Å². The molecule has 1 N–H and O–H groups in total. The summed E-state index contributed by atoms with van der Waals surface area (Å²) in [5, 5.41) is 3.26. The Labute approximate surface area is 113 Å². The van der Waals surface area contributed by atoms with Crippen LogP contribution >= 0.6 is 0 Å². The quantitative estimate of drug-likeness (QED) is 0.903. The van der Waals surface area contributed by atoms with Crippen molar-refractivity contribution in [2.75, 3.05) is 20.1 Å². The van der Waals surface area contributed by atoms with E-state index in [1.807, 2.05) is 24.9 Å². The Hall–Kier alpha value is -1.42. The van der Waals surface area contributed by atoms with E-state index in [4.69, 9.17) is 0 Å². The number of nitrogens with one attached hydrogen (secondary N) is 1. The van der Waals surface area contributed by atoms with Gasteiger partial charge in [-0.3, -0.25) is 4.79 Å². The van der Waals surface area contributed by atoms with Crippen molar-refractivity contribution in [2.45, 2.75) is 31.7 Å². The molecular weight excluding hydrogens is 243 g/mol. The largest absolute Gasteiger partial charge is 0.341 e. The third kappa shape index (κ3) is 3.53. The second-order valence-electron chi connectivity index (χ2n) is 5.31. The van der Waals surface area contributed by atoms with Gasteiger partial charge in [0.15, 0.2) is 0 Å². The van der Waals surface area contributed by atoms with Gasteiger partial charge in [-0.2, -0.15) is 0 Å². The van der Waals surface area contributed by atoms with Gasteiger partial charge >= 0.3 is 0 Å². The maximum absolute atomic E-state index is 13.2. The molecule has 2 atom stereocenters. The van der Waals surface area contributed by atoms with E-state index in [1.165, 1.54) is 12.1 Å². The molecule has 2 rings (SSSR count). The van der Waals surface area contributed by atoms with Crippen molar-refractivity contribution in [2.24, 2.45) is 0 Å². The minimum atomic E-state index is -0.245. The molecule has 2 unspecified atom stereocenters. The summed E-state index contributed by atoms with van der Waals surface area (Å²) >= 11 is 0. The van der Waals surface area contributed by atoms with E-state index in [1.54, 1.807) is 6.07 Å². The number of nitrogens with zero attached hydrogens (tertiary/aromatic N) is 1. The molecule has 3 nitrogen and oxygen atoms in total. The molecule has 1 amide bonds. The fraction of sp³-hybridized carbons (Fsp3) is 0.533. The van der Waals surface area contributed by atoms with Crippen LogP contribution in [0.25, 0.3) is 0 Å². The van der Waals surface area contributed by atoms with Gasteiger partial charge in [-0.15, -0.1) is 0 Å². The smallest absolute Gasteiger partial charge is 0.223 e. The third-order valence-corrected chi connectivity index (χ3v) is 3.87. The highest BCUT2D eigenvalue weighted by Crippen LogP contribution is 2.21. The van der Waals surface area contributed by atoms with Crippen molar-refractivity contribution in [3.05, 3.63) is 35.6 Å². The number of carbonyl (C=O) groups excluding carboxylic acids is 1. The highest BCUT2D eigenvalue weighted by Gasteiger charge is 2.24. The minimum absolute atomic E-state index is 0.0417. The first kappa shape index (κ1) is 14.0. The number of halogens is 1. The van der Waals surface area contributed by atoms with Crippen LogP contribution in [0.15, 0.2) is 24.3 Å². The molecule has 1 aliphatic heterocycles. The Morgan fingerprint density at radius 1 is 1.58 bits per heavy atom. The summed E-state index contributed by atoms with van der Waals surface area (Å²) < 4.78 is 13.2. The molecule has 0 saturated carbocycles. The van der Waals surface area contributed by atoms with E-state index >= 15 is 0 Å². The molecule has 0 radical (unpaired) electrons. The van der Waals surface area contributed by atoms with Crippen molar-refractivity contribution >= 4 is 5.91 Å². The number of hydrogen-bond donors (Lipinski definition) is 1. The molecule has 0 aromatic heterocycles. The predicted molar refractivity (Wildman–Crippen MR) is 73.5 cm³/mol. The van der Waals surface area contributed by atoms with Gasteiger partial charge in [0, 0.05) is 26.1 Å². The fourth-order valence-electron chi connectivity index (χ4n) is 2.51. The number of carbonyl (C=O) groups is 1. The van der Waals surface area contributed by atoms with Crippen molar-refractivity contribution in [1.29, 1.82) is 0 Å². The first-order valence-corrected chi connectivity index (χ1v) is 6.79. The van der Waals surface area contributed by atoms with Crippen LogP contribution in [-0.2, 0) is 4.79 Å². The maximum Gasteiger partial charge on any atom is 0.223 e. The van der Waals surface area contributed by atoms with Crippen molar-refractivity contribution < 1.29 is 9.18 Å². The van der Waals surface area contributed by atoms with Crippen molar-refractivity contribution in [3.63, 3.8) is 0 Å². The van der Waals surface area contributed by atoms with Crippen LogP contribution < -0.4 is 5.32 Å². The summed E-state index contributed by atoms with van der Waals surface area (Å²) in [7, 11) is 1.86. The summed E-state index contributed by atoms with van der Waals surface area (Å²) in [6.45, 7) is 3.81. The fourth-order valence-corrected chi connectivity index (χ4v) is 2.51. The lowest BCUT2D eigenvalue weighted by atomic mass is 9.97. The molecule has 1 aliphatic rings. The standard InChI is InChI=1S/C15H21FN2O/c1-11(12-4-3-5-13(16)9-12)8-15(19)18(2)14-6-7-17-10-14/h3-5,9,11,14,17H,6-8,10H2,1-2H3. The lowest BCUT2D eigenvalue weighted by Gasteiger charge is -2.25. The van der Waals surface area contributed by atoms with Crippen LogP contribution in [-0.4, -0.2) is 37.0 Å². The van der Waals surface area contributed by atoms with Gasteiger partial charge in [-0.1, -0.05) is 19.1 Å². The lowest BCUT2D eigenvalue weighted by molar-refractivity contribution is -0.132. The van der Waals surface area contributed by atoms with Gasteiger partial charge in [-0.25, -0.2) is 4.39 Å². The molecule has 19 heavy (non-hydrogen) atoms. The van der Waals surface area contributed by atoms with E-state index in [2.05, 4.69) is 5.32 Å². The molecule has 0 aliphatic carbocycles. The van der Waals surface area contributed by atoms with Gasteiger partial charge in [0.25, 0.3) is 0 Å². The van der Waals surface area contributed by atoms with Crippen LogP contribution in [0.4, 0.5) is 4.39 Å². The first-order chi connectivity index (χ1) is 9.08. The van der Waals surface area contributed by atoms with Crippen molar-refractivity contribution in [1.82, 2.24) is 10.2 Å². The average molecular weight is 264 g/mol. The number of amides is 1. The lowest BCUT2D eigenvalue weighted by Crippen LogP contribution is -2.38. The second-order valence-corrected chi connectivity index (χ2v) is 5.31. The highest BCUT2D eigenvalue weighted by molar-refractivity contribution is 5.77. The Morgan fingerprint density at radius 2 is 2.37 bits per heavy atom. The monoisotopic (exact) mass is 264 g/mol. The van der Waals surface area contributed by atoms with Crippen LogP contribution in [0.2, 0.25) is 0 Å². The number of likely N-dealkylation sites (N-methyl/N-ethyl adjacent to an activating group) is 1. The van der Waals surface area contributed by atoms with E-state index < -0.39 is 0 Å². The average Bonchev–Trinajstić information content (AvgIpc) is 2.91. The molecule has 1 aromatic rings. The predicted octanol–water partition coefficient (Wildman–Crippen LogP) is 2.14. The Kier molecular flexibility index (Phi) is 4.53. The Morgan fingerprint density at radius 3 is 3.00 bits per heavy atom. The minimum Gasteiger partial charge on any atom is -0.341 e. The van der Waals surface area contributed by atoms with Crippen LogP contribution in [0.3, 0.4) is 0 Å². The molecule has 0 bridgehead atoms. The number of hydrogen-bond acceptors (Lipinski definition) is 2. The second kappa shape index (κ2) is 6.15. The maximum atomic E-state index is 13.2. The summed E-state index contributed by atoms with van der Waals surface area (Å²) in [6.07, 6.45) is 1.44. The molecule has 0 spiro atoms. The van der Waals surface area contributed by atoms with Crippen LogP contribution in [0.5, 0.6) is 0 Å². The van der Waals surface area contributed by atoms with E-state index in [0.717, 1.165) is 25.1 Å². The Balaban J connectivity index is 1.94. The van der Waals surface area contributed by atoms with Crippen LogP contribution in [0, 0.1) is 5.82 Å². The summed E-state index contributed by atoms with van der Waals surface area (Å²) in [4.78, 5) is 14.0. The molecule has 1 aromatic carbocycles. The Bertz CT molecular complexity index is 444. The summed E-state index contributed by atoms with van der Waals surface area (Å²) in [6, 6.07) is 6.80. The number of rotatable bonds is 4. The topological polar surface area (TPSA) is 32.3 Å². The third-order valence-electron chi connectivity index (χ3n) is 3.87. The molecule has 104 valence electrons. The van der Waals surface area contributed by atoms with E-state index in [9.17, 15) is 9.18 Å². The van der Waals surface area contributed by atoms with Crippen LogP contribution in [0.1, 0.15) is 31.2 Å². The highest BCUT2D eigenvalue weighted by atomic mass is 19.1. The van der Waals surface area contributed by atoms with E-state index in [-0.39, 0.29) is 17.6 Å². The van der Waals surface area contributed by atoms with Gasteiger partial charge in [-0.05, 0) is 36.6 Å². The summed E-state index contributed by atoms with van der Waals surface area (Å²) in [5.74, 6) is -0.0735. The normalized spacial score (nSPS) is 20.3. The molecule has 1 saturated heterocycles. The molecule has 1 fully saturated rings. The zero-order valence-electron chi connectivity index (χ0n) is 11.5. The van der Waals surface area contributed by atoms with Gasteiger partial charge < -0.3 is 10.2 Å². The molecule has 4 heteroatoms. The molecule has 1 heterocycles. The zero-order chi connectivity index (χ0) is 13.8. The number of benzene rings is 1. The van der Waals surface area contributed by atoms with Gasteiger partial charge in [0.1, 0.15) is 5.82 Å².